The largest absolute Gasteiger partial charge is 0.356 e. The number of likely N-dealkylation sites (N-methyl/N-ethyl adjacent to an activating group) is 1. The predicted molar refractivity (Wildman–Crippen MR) is 103 cm³/mol. The molecule has 0 saturated carbocycles. The lowest BCUT2D eigenvalue weighted by molar-refractivity contribution is 0.308. The van der Waals surface area contributed by atoms with Gasteiger partial charge >= 0.3 is 0 Å². The van der Waals surface area contributed by atoms with Crippen LogP contribution in [0.2, 0.25) is 0 Å². The fourth-order valence-electron chi connectivity index (χ4n) is 2.11. The smallest absolute Gasteiger partial charge is 0.191 e. The summed E-state index contributed by atoms with van der Waals surface area (Å²) in [5, 5.41) is 6.48. The van der Waals surface area contributed by atoms with Gasteiger partial charge in [0.2, 0.25) is 0 Å². The van der Waals surface area contributed by atoms with Crippen molar-refractivity contribution in [2.75, 3.05) is 39.8 Å². The maximum Gasteiger partial charge on any atom is 0.191 e. The van der Waals surface area contributed by atoms with E-state index in [1.54, 1.807) is 13.1 Å². The Labute approximate surface area is 150 Å². The number of aliphatic imine (C=N–C) groups is 1. The molecule has 0 aliphatic heterocycles. The van der Waals surface area contributed by atoms with E-state index in [1.165, 1.54) is 6.07 Å². The molecule has 1 rings (SSSR count). The van der Waals surface area contributed by atoms with Crippen LogP contribution >= 0.6 is 24.0 Å². The highest BCUT2D eigenvalue weighted by Crippen LogP contribution is 2.05. The number of hydrogen-bond donors (Lipinski definition) is 2. The molecule has 1 aromatic carbocycles. The van der Waals surface area contributed by atoms with Crippen molar-refractivity contribution in [3.63, 3.8) is 0 Å². The SMILES string of the molecule is CCN(CC)CCNC(=NC)NCCc1ccccc1F.I. The lowest BCUT2D eigenvalue weighted by Gasteiger charge is -2.19. The van der Waals surface area contributed by atoms with Gasteiger partial charge in [0.05, 0.1) is 0 Å². The Hall–Kier alpha value is -0.890. The molecule has 0 spiro atoms. The van der Waals surface area contributed by atoms with Crippen molar-refractivity contribution < 1.29 is 4.39 Å². The van der Waals surface area contributed by atoms with Gasteiger partial charge in [-0.05, 0) is 31.1 Å². The van der Waals surface area contributed by atoms with Gasteiger partial charge in [-0.15, -0.1) is 24.0 Å². The van der Waals surface area contributed by atoms with E-state index in [1.807, 2.05) is 12.1 Å². The average Bonchev–Trinajstić information content (AvgIpc) is 2.51. The first kappa shape index (κ1) is 21.1. The molecule has 0 radical (unpaired) electrons. The summed E-state index contributed by atoms with van der Waals surface area (Å²) in [6.07, 6.45) is 0.642. The minimum Gasteiger partial charge on any atom is -0.356 e. The number of halogens is 2. The van der Waals surface area contributed by atoms with Crippen LogP contribution in [0.5, 0.6) is 0 Å². The molecule has 22 heavy (non-hydrogen) atoms. The summed E-state index contributed by atoms with van der Waals surface area (Å²) >= 11 is 0. The second kappa shape index (κ2) is 12.6. The lowest BCUT2D eigenvalue weighted by atomic mass is 10.1. The summed E-state index contributed by atoms with van der Waals surface area (Å²) in [4.78, 5) is 6.52. The van der Waals surface area contributed by atoms with E-state index in [0.717, 1.165) is 37.7 Å². The van der Waals surface area contributed by atoms with Gasteiger partial charge in [-0.1, -0.05) is 32.0 Å². The van der Waals surface area contributed by atoms with Crippen LogP contribution in [-0.2, 0) is 6.42 Å². The summed E-state index contributed by atoms with van der Waals surface area (Å²) < 4.78 is 13.5. The second-order valence-electron chi connectivity index (χ2n) is 4.79. The Kier molecular flexibility index (Phi) is 12.1. The van der Waals surface area contributed by atoms with Crippen molar-refractivity contribution in [1.82, 2.24) is 15.5 Å². The van der Waals surface area contributed by atoms with Gasteiger partial charge in [0.15, 0.2) is 5.96 Å². The van der Waals surface area contributed by atoms with E-state index >= 15 is 0 Å². The number of hydrogen-bond acceptors (Lipinski definition) is 2. The topological polar surface area (TPSA) is 39.7 Å². The monoisotopic (exact) mass is 422 g/mol. The van der Waals surface area contributed by atoms with E-state index < -0.39 is 0 Å². The summed E-state index contributed by atoms with van der Waals surface area (Å²) in [6.45, 7) is 8.92. The molecule has 0 heterocycles. The van der Waals surface area contributed by atoms with Crippen molar-refractivity contribution >= 4 is 29.9 Å². The van der Waals surface area contributed by atoms with Crippen molar-refractivity contribution in [2.24, 2.45) is 4.99 Å². The first-order chi connectivity index (χ1) is 10.2. The standard InChI is InChI=1S/C16H27FN4.HI/c1-4-21(5-2)13-12-20-16(18-3)19-11-10-14-8-6-7-9-15(14)17;/h6-9H,4-5,10-13H2,1-3H3,(H2,18,19,20);1H. The van der Waals surface area contributed by atoms with Crippen molar-refractivity contribution in [1.29, 1.82) is 0 Å². The van der Waals surface area contributed by atoms with Crippen molar-refractivity contribution in [2.45, 2.75) is 20.3 Å². The van der Waals surface area contributed by atoms with Crippen LogP contribution in [0.3, 0.4) is 0 Å². The van der Waals surface area contributed by atoms with Crippen LogP contribution in [0.1, 0.15) is 19.4 Å². The summed E-state index contributed by atoms with van der Waals surface area (Å²) in [5.74, 6) is 0.613. The molecular weight excluding hydrogens is 394 g/mol. The van der Waals surface area contributed by atoms with E-state index in [4.69, 9.17) is 0 Å². The molecule has 0 amide bonds. The van der Waals surface area contributed by atoms with Crippen molar-refractivity contribution in [3.05, 3.63) is 35.6 Å². The van der Waals surface area contributed by atoms with Gasteiger partial charge in [0.1, 0.15) is 5.82 Å². The highest BCUT2D eigenvalue weighted by molar-refractivity contribution is 14.0. The van der Waals surface area contributed by atoms with E-state index in [-0.39, 0.29) is 29.8 Å². The highest BCUT2D eigenvalue weighted by atomic mass is 127. The molecule has 4 nitrogen and oxygen atoms in total. The molecule has 0 fully saturated rings. The zero-order valence-electron chi connectivity index (χ0n) is 13.7. The maximum absolute atomic E-state index is 13.5. The number of benzene rings is 1. The quantitative estimate of drug-likeness (QED) is 0.384. The summed E-state index contributed by atoms with van der Waals surface area (Å²) in [7, 11) is 1.75. The van der Waals surface area contributed by atoms with E-state index in [0.29, 0.717) is 13.0 Å². The van der Waals surface area contributed by atoms with E-state index in [2.05, 4.69) is 34.4 Å². The number of nitrogens with zero attached hydrogens (tertiary/aromatic N) is 2. The molecule has 0 aliphatic rings. The molecule has 0 aromatic heterocycles. The van der Waals surface area contributed by atoms with Gasteiger partial charge in [-0.25, -0.2) is 4.39 Å². The minimum atomic E-state index is -0.149. The number of nitrogens with one attached hydrogen (secondary N) is 2. The molecule has 1 aromatic rings. The molecule has 2 N–H and O–H groups in total. The van der Waals surface area contributed by atoms with Crippen LogP contribution in [0.25, 0.3) is 0 Å². The number of rotatable bonds is 8. The third kappa shape index (κ3) is 7.93. The van der Waals surface area contributed by atoms with Crippen LogP contribution in [0.4, 0.5) is 4.39 Å². The van der Waals surface area contributed by atoms with Gasteiger partial charge in [-0.2, -0.15) is 0 Å². The van der Waals surface area contributed by atoms with Crippen molar-refractivity contribution in [3.8, 4) is 0 Å². The van der Waals surface area contributed by atoms with Crippen LogP contribution in [-0.4, -0.2) is 50.6 Å². The molecular formula is C16H28FIN4. The zero-order chi connectivity index (χ0) is 15.5. The lowest BCUT2D eigenvalue weighted by Crippen LogP contribution is -2.42. The maximum atomic E-state index is 13.5. The van der Waals surface area contributed by atoms with Gasteiger partial charge < -0.3 is 15.5 Å². The Balaban J connectivity index is 0.00000441. The summed E-state index contributed by atoms with van der Waals surface area (Å²) in [6, 6.07) is 6.87. The molecule has 0 bridgehead atoms. The highest BCUT2D eigenvalue weighted by Gasteiger charge is 2.02. The molecule has 6 heteroatoms. The third-order valence-electron chi connectivity index (χ3n) is 3.48. The normalized spacial score (nSPS) is 11.2. The Morgan fingerprint density at radius 3 is 2.36 bits per heavy atom. The fourth-order valence-corrected chi connectivity index (χ4v) is 2.11. The fraction of sp³-hybridized carbons (Fsp3) is 0.562. The van der Waals surface area contributed by atoms with Gasteiger partial charge in [-0.3, -0.25) is 4.99 Å². The molecule has 0 aliphatic carbocycles. The Bertz CT molecular complexity index is 436. The van der Waals surface area contributed by atoms with Crippen LogP contribution in [0, 0.1) is 5.82 Å². The first-order valence-corrected chi connectivity index (χ1v) is 7.61. The summed E-state index contributed by atoms with van der Waals surface area (Å²) in [5.41, 5.74) is 0.726. The number of guanidine groups is 1. The predicted octanol–water partition coefficient (Wildman–Crippen LogP) is 2.49. The zero-order valence-corrected chi connectivity index (χ0v) is 16.1. The Morgan fingerprint density at radius 2 is 1.77 bits per heavy atom. The molecule has 0 atom stereocenters. The van der Waals surface area contributed by atoms with Crippen LogP contribution < -0.4 is 10.6 Å². The molecule has 0 unspecified atom stereocenters. The second-order valence-corrected chi connectivity index (χ2v) is 4.79. The molecule has 126 valence electrons. The van der Waals surface area contributed by atoms with Gasteiger partial charge in [0.25, 0.3) is 0 Å². The Morgan fingerprint density at radius 1 is 1.14 bits per heavy atom. The third-order valence-corrected chi connectivity index (χ3v) is 3.48. The first-order valence-electron chi connectivity index (χ1n) is 7.61. The van der Waals surface area contributed by atoms with Gasteiger partial charge in [0, 0.05) is 26.7 Å². The van der Waals surface area contributed by atoms with E-state index in [9.17, 15) is 4.39 Å². The molecule has 0 saturated heterocycles. The average molecular weight is 422 g/mol. The minimum absolute atomic E-state index is 0. The van der Waals surface area contributed by atoms with Crippen LogP contribution in [0.15, 0.2) is 29.3 Å².